The molecule has 2 rings (SSSR count). The molecule has 1 heterocycles. The van der Waals surface area contributed by atoms with Crippen LogP contribution in [0.1, 0.15) is 49.2 Å². The molecule has 1 aromatic rings. The molecular formula is C15H26N2S2. The second kappa shape index (κ2) is 7.09. The minimum atomic E-state index is 0.430. The first-order chi connectivity index (χ1) is 9.13. The van der Waals surface area contributed by atoms with E-state index in [0.29, 0.717) is 5.41 Å². The number of hydrogen-bond acceptors (Lipinski definition) is 4. The molecule has 0 spiro atoms. The lowest BCUT2D eigenvalue weighted by molar-refractivity contribution is 0.169. The van der Waals surface area contributed by atoms with Gasteiger partial charge in [0.2, 0.25) is 0 Å². The SMILES string of the molecule is Cc1nc(CN(C)CC2(CS)CCCCCC2)cs1. The quantitative estimate of drug-likeness (QED) is 0.649. The van der Waals surface area contributed by atoms with Crippen molar-refractivity contribution in [3.05, 3.63) is 16.1 Å². The Kier molecular flexibility index (Phi) is 5.72. The van der Waals surface area contributed by atoms with Gasteiger partial charge in [-0.15, -0.1) is 11.3 Å². The lowest BCUT2D eigenvalue weighted by Crippen LogP contribution is -2.36. The third-order valence-electron chi connectivity index (χ3n) is 4.20. The Morgan fingerprint density at radius 2 is 2.00 bits per heavy atom. The Hall–Kier alpha value is -0.0600. The lowest BCUT2D eigenvalue weighted by atomic mass is 9.82. The minimum Gasteiger partial charge on any atom is -0.300 e. The summed E-state index contributed by atoms with van der Waals surface area (Å²) < 4.78 is 0. The molecule has 0 aromatic carbocycles. The van der Waals surface area contributed by atoms with E-state index in [0.717, 1.165) is 18.8 Å². The molecule has 1 aliphatic rings. The fourth-order valence-corrected chi connectivity index (χ4v) is 4.25. The van der Waals surface area contributed by atoms with Gasteiger partial charge in [0.05, 0.1) is 10.7 Å². The largest absolute Gasteiger partial charge is 0.300 e. The van der Waals surface area contributed by atoms with Gasteiger partial charge < -0.3 is 0 Å². The van der Waals surface area contributed by atoms with E-state index in [2.05, 4.69) is 41.9 Å². The summed E-state index contributed by atoms with van der Waals surface area (Å²) >= 11 is 6.41. The molecule has 0 saturated heterocycles. The van der Waals surface area contributed by atoms with Gasteiger partial charge in [-0.25, -0.2) is 4.98 Å². The normalized spacial score (nSPS) is 19.6. The third kappa shape index (κ3) is 4.47. The van der Waals surface area contributed by atoms with Crippen molar-refractivity contribution in [3.63, 3.8) is 0 Å². The van der Waals surface area contributed by atoms with E-state index in [1.165, 1.54) is 49.2 Å². The van der Waals surface area contributed by atoms with Gasteiger partial charge in [-0.1, -0.05) is 25.7 Å². The Morgan fingerprint density at radius 1 is 1.32 bits per heavy atom. The van der Waals surface area contributed by atoms with Gasteiger partial charge in [0.1, 0.15) is 0 Å². The van der Waals surface area contributed by atoms with Gasteiger partial charge >= 0.3 is 0 Å². The maximum atomic E-state index is 4.66. The number of aryl methyl sites for hydroxylation is 1. The van der Waals surface area contributed by atoms with Gasteiger partial charge in [-0.05, 0) is 38.0 Å². The van der Waals surface area contributed by atoms with Crippen LogP contribution >= 0.6 is 24.0 Å². The molecule has 0 amide bonds. The van der Waals surface area contributed by atoms with Crippen LogP contribution in [0.2, 0.25) is 0 Å². The second-order valence-electron chi connectivity index (χ2n) is 6.10. The van der Waals surface area contributed by atoms with Crippen molar-refractivity contribution >= 4 is 24.0 Å². The van der Waals surface area contributed by atoms with Crippen LogP contribution in [0.5, 0.6) is 0 Å². The predicted octanol–water partition coefficient (Wildman–Crippen LogP) is 4.15. The number of aromatic nitrogens is 1. The summed E-state index contributed by atoms with van der Waals surface area (Å²) in [5.74, 6) is 1.02. The fraction of sp³-hybridized carbons (Fsp3) is 0.800. The van der Waals surface area contributed by atoms with Crippen LogP contribution < -0.4 is 0 Å². The third-order valence-corrected chi connectivity index (χ3v) is 5.70. The Balaban J connectivity index is 1.93. The Labute approximate surface area is 127 Å². The van der Waals surface area contributed by atoms with E-state index in [4.69, 9.17) is 0 Å². The highest BCUT2D eigenvalue weighted by Gasteiger charge is 2.30. The summed E-state index contributed by atoms with van der Waals surface area (Å²) in [4.78, 5) is 7.01. The summed E-state index contributed by atoms with van der Waals surface area (Å²) in [5, 5.41) is 3.36. The van der Waals surface area contributed by atoms with Gasteiger partial charge in [0.15, 0.2) is 0 Å². The first-order valence-corrected chi connectivity index (χ1v) is 8.85. The molecule has 4 heteroatoms. The van der Waals surface area contributed by atoms with E-state index in [9.17, 15) is 0 Å². The van der Waals surface area contributed by atoms with Crippen LogP contribution in [-0.4, -0.2) is 29.2 Å². The summed E-state index contributed by atoms with van der Waals surface area (Å²) in [5.41, 5.74) is 1.65. The van der Waals surface area contributed by atoms with Crippen LogP contribution in [0.3, 0.4) is 0 Å². The highest BCUT2D eigenvalue weighted by atomic mass is 32.1. The molecule has 0 aliphatic heterocycles. The average Bonchev–Trinajstić information content (AvgIpc) is 2.65. The van der Waals surface area contributed by atoms with Crippen molar-refractivity contribution in [1.29, 1.82) is 0 Å². The molecule has 1 aliphatic carbocycles. The van der Waals surface area contributed by atoms with Gasteiger partial charge in [-0.3, -0.25) is 4.90 Å². The minimum absolute atomic E-state index is 0.430. The van der Waals surface area contributed by atoms with E-state index in [1.807, 2.05) is 0 Å². The standard InChI is InChI=1S/C15H26N2S2/c1-13-16-14(10-19-13)9-17(2)11-15(12-18)7-5-3-4-6-8-15/h10,18H,3-9,11-12H2,1-2H3. The maximum Gasteiger partial charge on any atom is 0.0897 e. The zero-order valence-electron chi connectivity index (χ0n) is 12.2. The van der Waals surface area contributed by atoms with Crippen molar-refractivity contribution in [3.8, 4) is 0 Å². The van der Waals surface area contributed by atoms with Crippen molar-refractivity contribution in [2.75, 3.05) is 19.3 Å². The second-order valence-corrected chi connectivity index (χ2v) is 7.48. The summed E-state index contributed by atoms with van der Waals surface area (Å²) in [6, 6.07) is 0. The Bertz CT molecular complexity index is 381. The molecule has 0 unspecified atom stereocenters. The number of thiol groups is 1. The van der Waals surface area contributed by atoms with Crippen molar-refractivity contribution < 1.29 is 0 Å². The van der Waals surface area contributed by atoms with E-state index in [-0.39, 0.29) is 0 Å². The molecule has 1 saturated carbocycles. The van der Waals surface area contributed by atoms with Gasteiger partial charge in [0, 0.05) is 18.5 Å². The molecule has 19 heavy (non-hydrogen) atoms. The van der Waals surface area contributed by atoms with Gasteiger partial charge in [-0.2, -0.15) is 12.6 Å². The first-order valence-electron chi connectivity index (χ1n) is 7.34. The predicted molar refractivity (Wildman–Crippen MR) is 87.2 cm³/mol. The van der Waals surface area contributed by atoms with E-state index < -0.39 is 0 Å². The van der Waals surface area contributed by atoms with Crippen LogP contribution in [0.15, 0.2) is 5.38 Å². The van der Waals surface area contributed by atoms with Crippen LogP contribution in [0, 0.1) is 12.3 Å². The fourth-order valence-electron chi connectivity index (χ4n) is 3.23. The summed E-state index contributed by atoms with van der Waals surface area (Å²) in [7, 11) is 2.23. The van der Waals surface area contributed by atoms with Crippen molar-refractivity contribution in [2.24, 2.45) is 5.41 Å². The molecule has 2 nitrogen and oxygen atoms in total. The van der Waals surface area contributed by atoms with E-state index in [1.54, 1.807) is 11.3 Å². The monoisotopic (exact) mass is 298 g/mol. The molecule has 1 aromatic heterocycles. The van der Waals surface area contributed by atoms with E-state index >= 15 is 0 Å². The maximum absolute atomic E-state index is 4.66. The highest BCUT2D eigenvalue weighted by molar-refractivity contribution is 7.80. The number of nitrogens with zero attached hydrogens (tertiary/aromatic N) is 2. The molecule has 0 N–H and O–H groups in total. The molecular weight excluding hydrogens is 272 g/mol. The van der Waals surface area contributed by atoms with Gasteiger partial charge in [0.25, 0.3) is 0 Å². The molecule has 0 bridgehead atoms. The topological polar surface area (TPSA) is 16.1 Å². The molecule has 108 valence electrons. The van der Waals surface area contributed by atoms with Crippen molar-refractivity contribution in [2.45, 2.75) is 52.0 Å². The number of rotatable bonds is 5. The first kappa shape index (κ1) is 15.3. The molecule has 1 fully saturated rings. The molecule has 0 radical (unpaired) electrons. The number of thiazole rings is 1. The lowest BCUT2D eigenvalue weighted by Gasteiger charge is -2.35. The molecule has 0 atom stereocenters. The summed E-state index contributed by atoms with van der Waals surface area (Å²) in [6.07, 6.45) is 8.26. The zero-order valence-corrected chi connectivity index (χ0v) is 13.9. The summed E-state index contributed by atoms with van der Waals surface area (Å²) in [6.45, 7) is 4.21. The van der Waals surface area contributed by atoms with Crippen LogP contribution in [-0.2, 0) is 6.54 Å². The van der Waals surface area contributed by atoms with Crippen molar-refractivity contribution in [1.82, 2.24) is 9.88 Å². The average molecular weight is 299 g/mol. The van der Waals surface area contributed by atoms with Crippen LogP contribution in [0.25, 0.3) is 0 Å². The van der Waals surface area contributed by atoms with Crippen LogP contribution in [0.4, 0.5) is 0 Å². The zero-order chi connectivity index (χ0) is 13.7. The Morgan fingerprint density at radius 3 is 2.53 bits per heavy atom. The number of hydrogen-bond donors (Lipinski definition) is 1. The highest BCUT2D eigenvalue weighted by Crippen LogP contribution is 2.36. The smallest absolute Gasteiger partial charge is 0.0897 e.